The maximum Gasteiger partial charge on any atom is 0.0393 e. The van der Waals surface area contributed by atoms with E-state index in [-0.39, 0.29) is 0 Å². The maximum atomic E-state index is 4.65. The summed E-state index contributed by atoms with van der Waals surface area (Å²) in [5.74, 6) is 0. The Labute approximate surface area is 92.7 Å². The lowest BCUT2D eigenvalue weighted by atomic mass is 10.2. The highest BCUT2D eigenvalue weighted by atomic mass is 127. The van der Waals surface area contributed by atoms with E-state index in [1.54, 1.807) is 0 Å². The first-order chi connectivity index (χ1) is 5.83. The van der Waals surface area contributed by atoms with Gasteiger partial charge in [-0.3, -0.25) is 4.40 Å². The van der Waals surface area contributed by atoms with Crippen LogP contribution < -0.4 is 0 Å². The Bertz CT molecular complexity index is 301. The molecule has 0 unspecified atom stereocenters. The van der Waals surface area contributed by atoms with Crippen molar-refractivity contribution in [2.24, 2.45) is 4.40 Å². The SMILES string of the molecule is C[SH](C)(C)(I)/N=C/c1ccccc1. The van der Waals surface area contributed by atoms with Gasteiger partial charge < -0.3 is 0 Å². The smallest absolute Gasteiger partial charge is 0.0393 e. The summed E-state index contributed by atoms with van der Waals surface area (Å²) >= 11 is 2.47. The van der Waals surface area contributed by atoms with Crippen LogP contribution in [0.2, 0.25) is 0 Å². The maximum absolute atomic E-state index is 4.65. The van der Waals surface area contributed by atoms with E-state index in [4.69, 9.17) is 0 Å². The molecule has 1 rings (SSSR count). The summed E-state index contributed by atoms with van der Waals surface area (Å²) in [7, 11) is 0. The first kappa shape index (κ1) is 11.0. The number of hydrogen-bond acceptors (Lipinski definition) is 1. The van der Waals surface area contributed by atoms with Gasteiger partial charge in [-0.2, -0.15) is 6.52 Å². The molecule has 74 valence electrons. The highest BCUT2D eigenvalue weighted by Gasteiger charge is 2.15. The van der Waals surface area contributed by atoms with Gasteiger partial charge in [-0.15, -0.1) is 0 Å². The van der Waals surface area contributed by atoms with Crippen molar-refractivity contribution in [3.8, 4) is 0 Å². The average molecular weight is 309 g/mol. The standard InChI is InChI=1S/C10H16INS/c1-13(2,3,11)12-9-10-7-5-4-6-8-10/h4-9,13H,1-3H3/b12-9+. The molecule has 13 heavy (non-hydrogen) atoms. The highest BCUT2D eigenvalue weighted by molar-refractivity contribution is 14.2. The van der Waals surface area contributed by atoms with Crippen molar-refractivity contribution in [2.75, 3.05) is 18.8 Å². The summed E-state index contributed by atoms with van der Waals surface area (Å²) in [5, 5.41) is 0. The number of nitrogens with zero attached hydrogens (tertiary/aromatic N) is 1. The molecule has 0 aliphatic rings. The monoisotopic (exact) mass is 309 g/mol. The van der Waals surface area contributed by atoms with Crippen molar-refractivity contribution >= 4 is 33.9 Å². The van der Waals surface area contributed by atoms with Crippen LogP contribution in [0.1, 0.15) is 5.56 Å². The minimum atomic E-state index is -1.76. The topological polar surface area (TPSA) is 12.4 Å². The Balaban J connectivity index is 2.82. The predicted molar refractivity (Wildman–Crippen MR) is 74.8 cm³/mol. The van der Waals surface area contributed by atoms with E-state index in [2.05, 4.69) is 56.5 Å². The Morgan fingerprint density at radius 1 is 1.15 bits per heavy atom. The van der Waals surface area contributed by atoms with Crippen LogP contribution >= 0.6 is 27.7 Å². The van der Waals surface area contributed by atoms with Gasteiger partial charge in [0.05, 0.1) is 0 Å². The summed E-state index contributed by atoms with van der Waals surface area (Å²) in [6, 6.07) is 10.2. The van der Waals surface area contributed by atoms with Gasteiger partial charge in [0.25, 0.3) is 0 Å². The summed E-state index contributed by atoms with van der Waals surface area (Å²) in [4.78, 5) is 0. The molecule has 0 saturated carbocycles. The van der Waals surface area contributed by atoms with Gasteiger partial charge in [0.2, 0.25) is 0 Å². The van der Waals surface area contributed by atoms with Gasteiger partial charge in [0.15, 0.2) is 0 Å². The first-order valence-corrected chi connectivity index (χ1v) is 10.5. The predicted octanol–water partition coefficient (Wildman–Crippen LogP) is 3.33. The molecule has 0 atom stereocenters. The Morgan fingerprint density at radius 3 is 2.15 bits per heavy atom. The fourth-order valence-electron chi connectivity index (χ4n) is 0.801. The van der Waals surface area contributed by atoms with Crippen molar-refractivity contribution in [1.29, 1.82) is 0 Å². The zero-order valence-corrected chi connectivity index (χ0v) is 11.3. The second kappa shape index (κ2) is 3.61. The van der Waals surface area contributed by atoms with Crippen LogP contribution in [0.4, 0.5) is 0 Å². The second-order valence-electron chi connectivity index (χ2n) is 4.18. The Hall–Kier alpha value is -0.0300. The van der Waals surface area contributed by atoms with Gasteiger partial charge in [0.1, 0.15) is 0 Å². The zero-order chi connectivity index (χ0) is 9.97. The lowest BCUT2D eigenvalue weighted by Gasteiger charge is -2.40. The minimum absolute atomic E-state index is 1.18. The molecule has 0 spiro atoms. The van der Waals surface area contributed by atoms with Crippen LogP contribution in [0, 0.1) is 0 Å². The quantitative estimate of drug-likeness (QED) is 0.489. The second-order valence-corrected chi connectivity index (χ2v) is 19.4. The molecule has 0 fully saturated rings. The van der Waals surface area contributed by atoms with Crippen LogP contribution in [0.5, 0.6) is 0 Å². The van der Waals surface area contributed by atoms with Crippen molar-refractivity contribution < 1.29 is 0 Å². The largest absolute Gasteiger partial charge is 0.255 e. The molecule has 0 bridgehead atoms. The lowest BCUT2D eigenvalue weighted by molar-refractivity contribution is 1.66. The highest BCUT2D eigenvalue weighted by Crippen LogP contribution is 2.68. The third-order valence-electron chi connectivity index (χ3n) is 1.40. The lowest BCUT2D eigenvalue weighted by Crippen LogP contribution is -1.99. The first-order valence-electron chi connectivity index (χ1n) is 4.17. The molecule has 0 heterocycles. The van der Waals surface area contributed by atoms with E-state index < -0.39 is 6.52 Å². The normalized spacial score (nSPS) is 15.5. The average Bonchev–Trinajstić information content (AvgIpc) is 2.01. The fourth-order valence-corrected chi connectivity index (χ4v) is 1.70. The molecule has 0 N–H and O–H groups in total. The van der Waals surface area contributed by atoms with Crippen LogP contribution in [-0.2, 0) is 0 Å². The summed E-state index contributed by atoms with van der Waals surface area (Å²) < 4.78 is 4.65. The minimum Gasteiger partial charge on any atom is -0.255 e. The number of hydrogen-bond donors (Lipinski definition) is 1. The van der Waals surface area contributed by atoms with E-state index in [1.165, 1.54) is 5.56 Å². The molecular weight excluding hydrogens is 293 g/mol. The van der Waals surface area contributed by atoms with Gasteiger partial charge in [0, 0.05) is 6.21 Å². The van der Waals surface area contributed by atoms with E-state index in [0.717, 1.165) is 0 Å². The molecule has 1 aromatic rings. The van der Waals surface area contributed by atoms with E-state index >= 15 is 0 Å². The summed E-state index contributed by atoms with van der Waals surface area (Å²) in [5.41, 5.74) is 1.18. The third-order valence-corrected chi connectivity index (χ3v) is 3.04. The molecule has 0 aromatic heterocycles. The summed E-state index contributed by atoms with van der Waals surface area (Å²) in [6.07, 6.45) is 8.66. The van der Waals surface area contributed by atoms with Crippen LogP contribution in [-0.4, -0.2) is 25.0 Å². The van der Waals surface area contributed by atoms with Gasteiger partial charge >= 0.3 is 0 Å². The number of rotatable bonds is 2. The number of benzene rings is 1. The fraction of sp³-hybridized carbons (Fsp3) is 0.300. The molecule has 0 radical (unpaired) electrons. The Kier molecular flexibility index (Phi) is 3.07. The summed E-state index contributed by atoms with van der Waals surface area (Å²) in [6.45, 7) is -1.76. The van der Waals surface area contributed by atoms with E-state index in [9.17, 15) is 0 Å². The molecule has 0 aliphatic carbocycles. The van der Waals surface area contributed by atoms with Crippen molar-refractivity contribution in [3.63, 3.8) is 0 Å². The number of halogens is 1. The van der Waals surface area contributed by atoms with Crippen LogP contribution in [0.25, 0.3) is 0 Å². The molecule has 0 amide bonds. The van der Waals surface area contributed by atoms with Crippen LogP contribution in [0.3, 0.4) is 0 Å². The van der Waals surface area contributed by atoms with Crippen LogP contribution in [0.15, 0.2) is 34.7 Å². The molecule has 0 aliphatic heterocycles. The van der Waals surface area contributed by atoms with Crippen molar-refractivity contribution in [2.45, 2.75) is 0 Å². The Morgan fingerprint density at radius 2 is 1.69 bits per heavy atom. The molecule has 0 saturated heterocycles. The molecular formula is C10H16INS. The molecule has 1 nitrogen and oxygen atoms in total. The number of thiol groups is 1. The van der Waals surface area contributed by atoms with Gasteiger partial charge in [-0.05, 0) is 45.5 Å². The van der Waals surface area contributed by atoms with Gasteiger partial charge in [-0.1, -0.05) is 30.3 Å². The van der Waals surface area contributed by atoms with Crippen molar-refractivity contribution in [1.82, 2.24) is 0 Å². The molecule has 1 aromatic carbocycles. The molecule has 3 heteroatoms. The third kappa shape index (κ3) is 5.31. The zero-order valence-electron chi connectivity index (χ0n) is 8.24. The van der Waals surface area contributed by atoms with Crippen molar-refractivity contribution in [3.05, 3.63) is 35.9 Å². The van der Waals surface area contributed by atoms with E-state index in [0.29, 0.717) is 0 Å². The van der Waals surface area contributed by atoms with E-state index in [1.807, 2.05) is 24.4 Å². The van der Waals surface area contributed by atoms with Gasteiger partial charge in [-0.25, -0.2) is 0 Å².